The molecule has 1 rings (SSSR count). The Bertz CT molecular complexity index is 304. The molecule has 0 aliphatic carbocycles. The largest absolute Gasteiger partial charge is 0.480 e. The topological polar surface area (TPSA) is 56.3 Å². The van der Waals surface area contributed by atoms with Gasteiger partial charge in [0.25, 0.3) is 0 Å². The maximum absolute atomic E-state index is 5.47. The molecule has 0 amide bonds. The number of ether oxygens (including phenoxy) is 2. The first-order chi connectivity index (χ1) is 8.86. The Morgan fingerprint density at radius 2 is 2.00 bits per heavy atom. The minimum absolute atomic E-state index is 0.545. The number of rotatable bonds is 10. The maximum Gasteiger partial charge on any atom is 0.233 e. The fraction of sp³-hybridized carbons (Fsp3) is 0.692. The molecule has 1 aromatic heterocycles. The molecule has 0 atom stereocenters. The third kappa shape index (κ3) is 6.51. The molecule has 0 aromatic carbocycles. The minimum Gasteiger partial charge on any atom is -0.480 e. The Kier molecular flexibility index (Phi) is 8.08. The molecular weight excluding hydrogens is 230 g/mol. The number of hydrogen-bond donors (Lipinski definition) is 1. The summed E-state index contributed by atoms with van der Waals surface area (Å²) < 4.78 is 10.4. The van der Waals surface area contributed by atoms with Crippen molar-refractivity contribution in [1.82, 2.24) is 15.5 Å². The van der Waals surface area contributed by atoms with Gasteiger partial charge in [-0.05, 0) is 25.5 Å². The lowest BCUT2D eigenvalue weighted by atomic mass is 10.3. The number of nitrogens with zero attached hydrogens (tertiary/aromatic N) is 2. The van der Waals surface area contributed by atoms with Crippen molar-refractivity contribution in [3.8, 4) is 5.88 Å². The van der Waals surface area contributed by atoms with Crippen LogP contribution in [0.2, 0.25) is 0 Å². The van der Waals surface area contributed by atoms with Crippen molar-refractivity contribution < 1.29 is 9.47 Å². The van der Waals surface area contributed by atoms with Crippen molar-refractivity contribution in [2.75, 3.05) is 26.9 Å². The molecule has 0 aliphatic heterocycles. The molecular formula is C13H23N3O2. The van der Waals surface area contributed by atoms with E-state index in [0.717, 1.165) is 44.8 Å². The second kappa shape index (κ2) is 9.79. The van der Waals surface area contributed by atoms with E-state index >= 15 is 0 Å². The number of nitrogens with one attached hydrogen (secondary N) is 1. The Hall–Kier alpha value is -1.20. The van der Waals surface area contributed by atoms with Crippen LogP contribution < -0.4 is 10.1 Å². The molecule has 0 saturated heterocycles. The van der Waals surface area contributed by atoms with Gasteiger partial charge in [0.15, 0.2) is 0 Å². The van der Waals surface area contributed by atoms with E-state index in [9.17, 15) is 0 Å². The second-order valence-corrected chi connectivity index (χ2v) is 4.06. The fourth-order valence-electron chi connectivity index (χ4n) is 1.41. The standard InChI is InChI=1S/C13H23N3O2/c1-3-4-9-18-10-5-8-14-11-12-6-7-13(17-2)16-15-12/h6-7,14H,3-5,8-11H2,1-2H3. The summed E-state index contributed by atoms with van der Waals surface area (Å²) in [6, 6.07) is 3.73. The van der Waals surface area contributed by atoms with E-state index in [0.29, 0.717) is 5.88 Å². The highest BCUT2D eigenvalue weighted by Gasteiger charge is 1.97. The number of hydrogen-bond acceptors (Lipinski definition) is 5. The van der Waals surface area contributed by atoms with Gasteiger partial charge < -0.3 is 14.8 Å². The molecule has 0 aliphatic rings. The molecule has 0 radical (unpaired) electrons. The average Bonchev–Trinajstić information content (AvgIpc) is 2.42. The van der Waals surface area contributed by atoms with Gasteiger partial charge in [-0.1, -0.05) is 13.3 Å². The van der Waals surface area contributed by atoms with Gasteiger partial charge in [-0.2, -0.15) is 5.10 Å². The van der Waals surface area contributed by atoms with Crippen LogP contribution in [-0.4, -0.2) is 37.1 Å². The predicted molar refractivity (Wildman–Crippen MR) is 70.6 cm³/mol. The Balaban J connectivity index is 2.00. The summed E-state index contributed by atoms with van der Waals surface area (Å²) in [6.45, 7) is 5.52. The molecule has 1 N–H and O–H groups in total. The Morgan fingerprint density at radius 1 is 1.17 bits per heavy atom. The SMILES string of the molecule is CCCCOCCCNCc1ccc(OC)nn1. The first kappa shape index (κ1) is 14.9. The summed E-state index contributed by atoms with van der Waals surface area (Å²) in [6.07, 6.45) is 3.36. The highest BCUT2D eigenvalue weighted by atomic mass is 16.5. The van der Waals surface area contributed by atoms with Crippen LogP contribution in [0.3, 0.4) is 0 Å². The van der Waals surface area contributed by atoms with Crippen molar-refractivity contribution in [3.05, 3.63) is 17.8 Å². The van der Waals surface area contributed by atoms with Crippen molar-refractivity contribution in [2.45, 2.75) is 32.7 Å². The van der Waals surface area contributed by atoms with Gasteiger partial charge in [0.1, 0.15) is 0 Å². The van der Waals surface area contributed by atoms with Gasteiger partial charge in [-0.15, -0.1) is 5.10 Å². The molecule has 5 heteroatoms. The lowest BCUT2D eigenvalue weighted by Gasteiger charge is -2.05. The van der Waals surface area contributed by atoms with Crippen LogP contribution in [0.15, 0.2) is 12.1 Å². The quantitative estimate of drug-likeness (QED) is 0.644. The van der Waals surface area contributed by atoms with Crippen LogP contribution in [0.25, 0.3) is 0 Å². The molecule has 0 saturated carbocycles. The van der Waals surface area contributed by atoms with Crippen LogP contribution >= 0.6 is 0 Å². The van der Waals surface area contributed by atoms with Gasteiger partial charge in [0.05, 0.1) is 12.8 Å². The molecule has 1 heterocycles. The van der Waals surface area contributed by atoms with Gasteiger partial charge in [0.2, 0.25) is 5.88 Å². The molecule has 102 valence electrons. The second-order valence-electron chi connectivity index (χ2n) is 4.06. The summed E-state index contributed by atoms with van der Waals surface area (Å²) in [5.74, 6) is 0.545. The molecule has 0 bridgehead atoms. The van der Waals surface area contributed by atoms with Gasteiger partial charge in [-0.25, -0.2) is 0 Å². The zero-order valence-electron chi connectivity index (χ0n) is 11.3. The molecule has 1 aromatic rings. The van der Waals surface area contributed by atoms with Crippen LogP contribution in [0, 0.1) is 0 Å². The number of methoxy groups -OCH3 is 1. The van der Waals surface area contributed by atoms with Crippen LogP contribution in [0.4, 0.5) is 0 Å². The van der Waals surface area contributed by atoms with Gasteiger partial charge in [0, 0.05) is 25.8 Å². The van der Waals surface area contributed by atoms with E-state index in [2.05, 4.69) is 22.4 Å². The number of aromatic nitrogens is 2. The lowest BCUT2D eigenvalue weighted by Crippen LogP contribution is -2.17. The van der Waals surface area contributed by atoms with E-state index in [1.165, 1.54) is 6.42 Å². The molecule has 5 nitrogen and oxygen atoms in total. The van der Waals surface area contributed by atoms with Crippen molar-refractivity contribution >= 4 is 0 Å². The summed E-state index contributed by atoms with van der Waals surface area (Å²) in [4.78, 5) is 0. The maximum atomic E-state index is 5.47. The van der Waals surface area contributed by atoms with E-state index in [-0.39, 0.29) is 0 Å². The molecule has 0 unspecified atom stereocenters. The monoisotopic (exact) mass is 253 g/mol. The van der Waals surface area contributed by atoms with Crippen LogP contribution in [0.1, 0.15) is 31.9 Å². The molecule has 0 fully saturated rings. The average molecular weight is 253 g/mol. The van der Waals surface area contributed by atoms with Crippen LogP contribution in [-0.2, 0) is 11.3 Å². The van der Waals surface area contributed by atoms with Crippen molar-refractivity contribution in [3.63, 3.8) is 0 Å². The first-order valence-corrected chi connectivity index (χ1v) is 6.52. The molecule has 18 heavy (non-hydrogen) atoms. The smallest absolute Gasteiger partial charge is 0.233 e. The van der Waals surface area contributed by atoms with Crippen molar-refractivity contribution in [2.24, 2.45) is 0 Å². The van der Waals surface area contributed by atoms with Crippen LogP contribution in [0.5, 0.6) is 5.88 Å². The zero-order chi connectivity index (χ0) is 13.1. The number of unbranched alkanes of at least 4 members (excludes halogenated alkanes) is 1. The zero-order valence-corrected chi connectivity index (χ0v) is 11.3. The third-order valence-electron chi connectivity index (χ3n) is 2.50. The normalized spacial score (nSPS) is 10.6. The third-order valence-corrected chi connectivity index (χ3v) is 2.50. The minimum atomic E-state index is 0.545. The van der Waals surface area contributed by atoms with E-state index in [1.54, 1.807) is 7.11 Å². The summed E-state index contributed by atoms with van der Waals surface area (Å²) >= 11 is 0. The Labute approximate surface area is 109 Å². The van der Waals surface area contributed by atoms with Crippen molar-refractivity contribution in [1.29, 1.82) is 0 Å². The Morgan fingerprint density at radius 3 is 2.67 bits per heavy atom. The van der Waals surface area contributed by atoms with Gasteiger partial charge in [-0.3, -0.25) is 0 Å². The van der Waals surface area contributed by atoms with E-state index < -0.39 is 0 Å². The summed E-state index contributed by atoms with van der Waals surface area (Å²) in [7, 11) is 1.58. The highest BCUT2D eigenvalue weighted by molar-refractivity contribution is 5.10. The summed E-state index contributed by atoms with van der Waals surface area (Å²) in [5.41, 5.74) is 0.919. The first-order valence-electron chi connectivity index (χ1n) is 6.52. The van der Waals surface area contributed by atoms with Gasteiger partial charge >= 0.3 is 0 Å². The summed E-state index contributed by atoms with van der Waals surface area (Å²) in [5, 5.41) is 11.3. The predicted octanol–water partition coefficient (Wildman–Crippen LogP) is 1.78. The van der Waals surface area contributed by atoms with E-state index in [1.807, 2.05) is 12.1 Å². The fourth-order valence-corrected chi connectivity index (χ4v) is 1.41. The van der Waals surface area contributed by atoms with E-state index in [4.69, 9.17) is 9.47 Å². The lowest BCUT2D eigenvalue weighted by molar-refractivity contribution is 0.128. The highest BCUT2D eigenvalue weighted by Crippen LogP contribution is 2.02. The molecule has 0 spiro atoms.